The summed E-state index contributed by atoms with van der Waals surface area (Å²) in [5.41, 5.74) is 0.445. The molecule has 3 aromatic rings. The number of hydrogen-bond donors (Lipinski definition) is 0. The Balaban J connectivity index is 1.98. The van der Waals surface area contributed by atoms with E-state index >= 15 is 0 Å². The van der Waals surface area contributed by atoms with Crippen LogP contribution in [0.25, 0.3) is 5.69 Å². The van der Waals surface area contributed by atoms with Crippen LogP contribution in [0.5, 0.6) is 5.75 Å². The van der Waals surface area contributed by atoms with Crippen LogP contribution in [0.4, 0.5) is 8.78 Å². The zero-order valence-electron chi connectivity index (χ0n) is 17.6. The number of ether oxygens (including phenoxy) is 1. The predicted molar refractivity (Wildman–Crippen MR) is 112 cm³/mol. The van der Waals surface area contributed by atoms with Gasteiger partial charge in [0.2, 0.25) is 0 Å². The number of carbonyl (C=O) groups is 1. The van der Waals surface area contributed by atoms with E-state index in [1.54, 1.807) is 49.6 Å². The predicted octanol–water partition coefficient (Wildman–Crippen LogP) is 2.79. The molecular weight excluding hydrogens is 422 g/mol. The molecule has 0 aliphatic carbocycles. The number of alkyl halides is 2. The number of halogens is 2. The second-order valence-corrected chi connectivity index (χ2v) is 7.03. The van der Waals surface area contributed by atoms with E-state index in [4.69, 9.17) is 5.26 Å². The number of ketones is 1. The fourth-order valence-corrected chi connectivity index (χ4v) is 3.54. The van der Waals surface area contributed by atoms with Crippen LogP contribution in [-0.4, -0.2) is 26.1 Å². The van der Waals surface area contributed by atoms with E-state index in [1.165, 1.54) is 22.9 Å². The van der Waals surface area contributed by atoms with Gasteiger partial charge in [0.1, 0.15) is 17.4 Å². The van der Waals surface area contributed by atoms with Crippen LogP contribution in [0.1, 0.15) is 34.2 Å². The molecule has 0 amide bonds. The highest BCUT2D eigenvalue weighted by molar-refractivity contribution is 5.97. The van der Waals surface area contributed by atoms with Gasteiger partial charge in [-0.15, -0.1) is 0 Å². The molecule has 10 heteroatoms. The summed E-state index contributed by atoms with van der Waals surface area (Å²) in [6.07, 6.45) is 1.18. The van der Waals surface area contributed by atoms with Crippen molar-refractivity contribution in [1.29, 1.82) is 5.26 Å². The third-order valence-electron chi connectivity index (χ3n) is 5.05. The van der Waals surface area contributed by atoms with E-state index in [0.29, 0.717) is 22.6 Å². The number of aromatic nitrogens is 3. The molecule has 8 nitrogen and oxygen atoms in total. The number of aryl methyl sites for hydroxylation is 2. The van der Waals surface area contributed by atoms with Crippen molar-refractivity contribution in [3.8, 4) is 17.5 Å². The van der Waals surface area contributed by atoms with Gasteiger partial charge in [0.15, 0.2) is 5.78 Å². The number of Topliss-reactive ketones (excluding diaryl/α,β-unsaturated/α-hetero) is 1. The molecule has 0 aliphatic rings. The van der Waals surface area contributed by atoms with Crippen molar-refractivity contribution in [3.05, 3.63) is 79.9 Å². The van der Waals surface area contributed by atoms with Crippen LogP contribution < -0.4 is 16.0 Å². The molecule has 0 spiro atoms. The van der Waals surface area contributed by atoms with E-state index in [1.807, 2.05) is 0 Å². The smallest absolute Gasteiger partial charge is 0.387 e. The van der Waals surface area contributed by atoms with Crippen molar-refractivity contribution >= 4 is 5.78 Å². The number of nitrogens with zero attached hydrogens (tertiary/aromatic N) is 4. The molecule has 2 heterocycles. The molecule has 0 N–H and O–H groups in total. The maximum Gasteiger partial charge on any atom is 0.387 e. The van der Waals surface area contributed by atoms with Crippen molar-refractivity contribution in [2.75, 3.05) is 0 Å². The van der Waals surface area contributed by atoms with Gasteiger partial charge >= 0.3 is 12.3 Å². The third kappa shape index (κ3) is 4.23. The summed E-state index contributed by atoms with van der Waals surface area (Å²) in [5.74, 6) is -0.467. The molecule has 3 rings (SSSR count). The maximum atomic E-state index is 13.0. The van der Waals surface area contributed by atoms with Gasteiger partial charge in [-0.05, 0) is 51.1 Å². The lowest BCUT2D eigenvalue weighted by Crippen LogP contribution is -2.42. The Kier molecular flexibility index (Phi) is 6.39. The first-order valence-corrected chi connectivity index (χ1v) is 9.69. The van der Waals surface area contributed by atoms with Crippen LogP contribution in [-0.2, 0) is 13.1 Å². The van der Waals surface area contributed by atoms with E-state index in [2.05, 4.69) is 4.74 Å². The van der Waals surface area contributed by atoms with Crippen LogP contribution in [0.15, 0.2) is 46.1 Å². The van der Waals surface area contributed by atoms with Crippen molar-refractivity contribution in [3.63, 3.8) is 0 Å². The summed E-state index contributed by atoms with van der Waals surface area (Å²) < 4.78 is 32.8. The molecule has 0 bridgehead atoms. The van der Waals surface area contributed by atoms with Crippen LogP contribution in [0, 0.1) is 25.2 Å². The molecule has 0 aliphatic heterocycles. The molecule has 0 saturated heterocycles. The molecule has 0 unspecified atom stereocenters. The Morgan fingerprint density at radius 3 is 2.41 bits per heavy atom. The average Bonchev–Trinajstić information content (AvgIpc) is 3.05. The standard InChI is InChI=1S/C22H20F2N4O4/c1-4-26-11-15(10-25)20(30)27(22(26)31)12-19(29)18-9-13(2)28(14(18)3)16-5-7-17(8-6-16)32-21(23)24/h5-9,11,21H,4,12H2,1-3H3. The zero-order valence-corrected chi connectivity index (χ0v) is 17.6. The number of hydrogen-bond acceptors (Lipinski definition) is 5. The highest BCUT2D eigenvalue weighted by Crippen LogP contribution is 2.24. The molecule has 0 atom stereocenters. The molecule has 0 saturated carbocycles. The first-order valence-electron chi connectivity index (χ1n) is 9.69. The van der Waals surface area contributed by atoms with Crippen molar-refractivity contribution in [1.82, 2.24) is 13.7 Å². The molecule has 1 aromatic carbocycles. The Morgan fingerprint density at radius 2 is 1.84 bits per heavy atom. The van der Waals surface area contributed by atoms with Crippen LogP contribution >= 0.6 is 0 Å². The summed E-state index contributed by atoms with van der Waals surface area (Å²) in [6, 6.07) is 9.31. The molecule has 0 fully saturated rings. The first-order chi connectivity index (χ1) is 15.2. The van der Waals surface area contributed by atoms with E-state index in [9.17, 15) is 23.2 Å². The highest BCUT2D eigenvalue weighted by Gasteiger charge is 2.20. The van der Waals surface area contributed by atoms with Crippen LogP contribution in [0.2, 0.25) is 0 Å². The SMILES string of the molecule is CCn1cc(C#N)c(=O)n(CC(=O)c2cc(C)n(-c3ccc(OC(F)F)cc3)c2C)c1=O. The number of benzene rings is 1. The lowest BCUT2D eigenvalue weighted by atomic mass is 10.1. The fraction of sp³-hybridized carbons (Fsp3) is 0.273. The molecular formula is C22H20F2N4O4. The Hall–Kier alpha value is -4.00. The topological polar surface area (TPSA) is 99.0 Å². The van der Waals surface area contributed by atoms with Gasteiger partial charge in [-0.2, -0.15) is 14.0 Å². The van der Waals surface area contributed by atoms with Crippen molar-refractivity contribution in [2.24, 2.45) is 0 Å². The van der Waals surface area contributed by atoms with E-state index in [-0.39, 0.29) is 17.9 Å². The third-order valence-corrected chi connectivity index (χ3v) is 5.05. The van der Waals surface area contributed by atoms with Crippen LogP contribution in [0.3, 0.4) is 0 Å². The Morgan fingerprint density at radius 1 is 1.19 bits per heavy atom. The molecule has 166 valence electrons. The highest BCUT2D eigenvalue weighted by atomic mass is 19.3. The second-order valence-electron chi connectivity index (χ2n) is 7.03. The fourth-order valence-electron chi connectivity index (χ4n) is 3.54. The maximum absolute atomic E-state index is 13.0. The summed E-state index contributed by atoms with van der Waals surface area (Å²) in [6.45, 7) is 1.94. The summed E-state index contributed by atoms with van der Waals surface area (Å²) in [4.78, 5) is 38.0. The van der Waals surface area contributed by atoms with Gasteiger partial charge in [0.05, 0.1) is 6.54 Å². The number of carbonyl (C=O) groups excluding carboxylic acids is 1. The lowest BCUT2D eigenvalue weighted by molar-refractivity contribution is -0.0498. The van der Waals surface area contributed by atoms with Crippen molar-refractivity contribution in [2.45, 2.75) is 40.5 Å². The second kappa shape index (κ2) is 9.01. The van der Waals surface area contributed by atoms with E-state index < -0.39 is 30.2 Å². The number of nitriles is 1. The summed E-state index contributed by atoms with van der Waals surface area (Å²) >= 11 is 0. The number of rotatable bonds is 7. The lowest BCUT2D eigenvalue weighted by Gasteiger charge is -2.12. The van der Waals surface area contributed by atoms with Gasteiger partial charge in [0, 0.05) is 35.4 Å². The van der Waals surface area contributed by atoms with E-state index in [0.717, 1.165) is 4.57 Å². The largest absolute Gasteiger partial charge is 0.435 e. The minimum absolute atomic E-state index is 0.00599. The minimum Gasteiger partial charge on any atom is -0.435 e. The molecule has 32 heavy (non-hydrogen) atoms. The molecule has 0 radical (unpaired) electrons. The molecule has 2 aromatic heterocycles. The first kappa shape index (κ1) is 22.7. The quantitative estimate of drug-likeness (QED) is 0.524. The zero-order chi connectivity index (χ0) is 23.6. The summed E-state index contributed by atoms with van der Waals surface area (Å²) in [5, 5.41) is 9.17. The van der Waals surface area contributed by atoms with Crippen molar-refractivity contribution < 1.29 is 18.3 Å². The minimum atomic E-state index is -2.93. The Bertz CT molecular complexity index is 1330. The van der Waals surface area contributed by atoms with Gasteiger partial charge < -0.3 is 9.30 Å². The monoisotopic (exact) mass is 442 g/mol. The Labute approximate surface area is 181 Å². The van der Waals surface area contributed by atoms with Gasteiger partial charge in [-0.1, -0.05) is 0 Å². The average molecular weight is 442 g/mol. The van der Waals surface area contributed by atoms with Gasteiger partial charge in [-0.3, -0.25) is 18.7 Å². The van der Waals surface area contributed by atoms with Gasteiger partial charge in [-0.25, -0.2) is 4.79 Å². The van der Waals surface area contributed by atoms with Gasteiger partial charge in [0.25, 0.3) is 5.56 Å². The normalized spacial score (nSPS) is 10.9. The summed E-state index contributed by atoms with van der Waals surface area (Å²) in [7, 11) is 0.